The van der Waals surface area contributed by atoms with Gasteiger partial charge in [-0.05, 0) is 51.3 Å². The van der Waals surface area contributed by atoms with Crippen LogP contribution in [0.4, 0.5) is 4.79 Å². The van der Waals surface area contributed by atoms with E-state index >= 15 is 0 Å². The Bertz CT molecular complexity index is 690. The number of nitrogens with one attached hydrogen (secondary N) is 1. The van der Waals surface area contributed by atoms with Crippen LogP contribution >= 0.6 is 15.9 Å². The quantitative estimate of drug-likeness (QED) is 0.791. The molecule has 0 saturated carbocycles. The number of benzene rings is 1. The number of nitrogens with zero attached hydrogens (tertiary/aromatic N) is 1. The van der Waals surface area contributed by atoms with Gasteiger partial charge >= 0.3 is 6.09 Å². The van der Waals surface area contributed by atoms with Crippen LogP contribution in [0.5, 0.6) is 0 Å². The van der Waals surface area contributed by atoms with Crippen LogP contribution in [0.1, 0.15) is 39.2 Å². The second-order valence-electron chi connectivity index (χ2n) is 7.25. The lowest BCUT2D eigenvalue weighted by Gasteiger charge is -2.33. The molecule has 1 amide bonds. The Morgan fingerprint density at radius 1 is 1.24 bits per heavy atom. The smallest absolute Gasteiger partial charge is 0.410 e. The molecule has 2 rings (SSSR count). The van der Waals surface area contributed by atoms with Crippen molar-refractivity contribution in [2.45, 2.75) is 51.0 Å². The van der Waals surface area contributed by atoms with E-state index in [0.717, 1.165) is 10.0 Å². The van der Waals surface area contributed by atoms with Crippen LogP contribution in [-0.2, 0) is 20.5 Å². The fraction of sp³-hybridized carbons (Fsp3) is 0.588. The van der Waals surface area contributed by atoms with Crippen LogP contribution in [-0.4, -0.2) is 44.1 Å². The van der Waals surface area contributed by atoms with Crippen LogP contribution < -0.4 is 4.72 Å². The Hall–Kier alpha value is -1.12. The van der Waals surface area contributed by atoms with Gasteiger partial charge in [0.15, 0.2) is 0 Å². The van der Waals surface area contributed by atoms with Crippen molar-refractivity contribution >= 4 is 32.0 Å². The van der Waals surface area contributed by atoms with E-state index in [2.05, 4.69) is 20.7 Å². The summed E-state index contributed by atoms with van der Waals surface area (Å²) in [6.45, 7) is 6.45. The Balaban J connectivity index is 1.84. The summed E-state index contributed by atoms with van der Waals surface area (Å²) in [5.41, 5.74) is 0.210. The second kappa shape index (κ2) is 8.05. The first-order valence-electron chi connectivity index (χ1n) is 8.26. The number of ether oxygens (including phenoxy) is 1. The molecule has 0 atom stereocenters. The molecule has 140 valence electrons. The summed E-state index contributed by atoms with van der Waals surface area (Å²) in [5, 5.41) is 0. The van der Waals surface area contributed by atoms with E-state index in [1.807, 2.05) is 32.9 Å². The van der Waals surface area contributed by atoms with Crippen LogP contribution in [0.3, 0.4) is 0 Å². The van der Waals surface area contributed by atoms with E-state index in [1.165, 1.54) is 0 Å². The van der Waals surface area contributed by atoms with Crippen molar-refractivity contribution < 1.29 is 17.9 Å². The summed E-state index contributed by atoms with van der Waals surface area (Å²) in [7, 11) is -3.41. The average Bonchev–Trinajstić information content (AvgIpc) is 2.48. The number of piperidine rings is 1. The lowest BCUT2D eigenvalue weighted by Crippen LogP contribution is -2.47. The van der Waals surface area contributed by atoms with Gasteiger partial charge in [-0.15, -0.1) is 0 Å². The predicted octanol–water partition coefficient (Wildman–Crippen LogP) is 3.27. The molecule has 1 aliphatic rings. The largest absolute Gasteiger partial charge is 0.444 e. The van der Waals surface area contributed by atoms with Gasteiger partial charge in [-0.3, -0.25) is 0 Å². The Morgan fingerprint density at radius 2 is 1.80 bits per heavy atom. The maximum absolute atomic E-state index is 12.3. The summed E-state index contributed by atoms with van der Waals surface area (Å²) < 4.78 is 33.7. The number of sulfonamides is 1. The molecule has 1 saturated heterocycles. The molecule has 0 radical (unpaired) electrons. The highest BCUT2D eigenvalue weighted by Gasteiger charge is 2.28. The average molecular weight is 433 g/mol. The Morgan fingerprint density at radius 3 is 2.32 bits per heavy atom. The van der Waals surface area contributed by atoms with Crippen molar-refractivity contribution in [2.75, 3.05) is 13.1 Å². The first kappa shape index (κ1) is 20.2. The SMILES string of the molecule is CC(C)(C)OC(=O)N1CCC(NS(=O)(=O)Cc2ccc(Br)cc2)CC1. The maximum atomic E-state index is 12.3. The van der Waals surface area contributed by atoms with Crippen molar-refractivity contribution in [1.82, 2.24) is 9.62 Å². The summed E-state index contributed by atoms with van der Waals surface area (Å²) in [4.78, 5) is 13.7. The number of amides is 1. The number of likely N-dealkylation sites (tertiary alicyclic amines) is 1. The van der Waals surface area contributed by atoms with Crippen LogP contribution in [0.2, 0.25) is 0 Å². The number of halogens is 1. The molecule has 0 bridgehead atoms. The zero-order valence-electron chi connectivity index (χ0n) is 14.8. The molecule has 1 aliphatic heterocycles. The van der Waals surface area contributed by atoms with E-state index in [9.17, 15) is 13.2 Å². The zero-order valence-corrected chi connectivity index (χ0v) is 17.2. The third-order valence-corrected chi connectivity index (χ3v) is 5.70. The monoisotopic (exact) mass is 432 g/mol. The van der Waals surface area contributed by atoms with Crippen molar-refractivity contribution in [3.05, 3.63) is 34.3 Å². The Labute approximate surface area is 158 Å². The molecule has 6 nitrogen and oxygen atoms in total. The highest BCUT2D eigenvalue weighted by molar-refractivity contribution is 9.10. The third-order valence-electron chi connectivity index (χ3n) is 3.76. The summed E-state index contributed by atoms with van der Waals surface area (Å²) >= 11 is 3.33. The van der Waals surface area contributed by atoms with Crippen LogP contribution in [0.15, 0.2) is 28.7 Å². The van der Waals surface area contributed by atoms with Crippen molar-refractivity contribution in [2.24, 2.45) is 0 Å². The van der Waals surface area contributed by atoms with Crippen molar-refractivity contribution in [3.8, 4) is 0 Å². The topological polar surface area (TPSA) is 75.7 Å². The number of rotatable bonds is 4. The molecular formula is C17H25BrN2O4S. The Kier molecular flexibility index (Phi) is 6.51. The molecule has 0 spiro atoms. The molecular weight excluding hydrogens is 408 g/mol. The third kappa shape index (κ3) is 6.95. The van der Waals surface area contributed by atoms with E-state index in [-0.39, 0.29) is 17.9 Å². The summed E-state index contributed by atoms with van der Waals surface area (Å²) in [5.74, 6) is -0.0490. The normalized spacial score (nSPS) is 16.7. The van der Waals surface area contributed by atoms with Crippen LogP contribution in [0.25, 0.3) is 0 Å². The van der Waals surface area contributed by atoms with Gasteiger partial charge in [0.1, 0.15) is 5.60 Å². The molecule has 0 unspecified atom stereocenters. The van der Waals surface area contributed by atoms with Gasteiger partial charge in [0.05, 0.1) is 5.75 Å². The molecule has 0 aromatic heterocycles. The van der Waals surface area contributed by atoms with Crippen molar-refractivity contribution in [1.29, 1.82) is 0 Å². The molecule has 1 aromatic rings. The first-order valence-corrected chi connectivity index (χ1v) is 10.7. The fourth-order valence-corrected chi connectivity index (χ4v) is 4.32. The molecule has 1 heterocycles. The maximum Gasteiger partial charge on any atom is 0.410 e. The number of hydrogen-bond donors (Lipinski definition) is 1. The van der Waals surface area contributed by atoms with E-state index in [1.54, 1.807) is 17.0 Å². The molecule has 8 heteroatoms. The number of hydrogen-bond acceptors (Lipinski definition) is 4. The molecule has 1 fully saturated rings. The molecule has 0 aliphatic carbocycles. The minimum Gasteiger partial charge on any atom is -0.444 e. The fourth-order valence-electron chi connectivity index (χ4n) is 2.60. The van der Waals surface area contributed by atoms with Crippen molar-refractivity contribution in [3.63, 3.8) is 0 Å². The van der Waals surface area contributed by atoms with Gasteiger partial charge < -0.3 is 9.64 Å². The molecule has 1 N–H and O–H groups in total. The second-order valence-corrected chi connectivity index (χ2v) is 9.91. The highest BCUT2D eigenvalue weighted by Crippen LogP contribution is 2.17. The van der Waals surface area contributed by atoms with Gasteiger partial charge in [0.2, 0.25) is 10.0 Å². The minimum absolute atomic E-state index is 0.0490. The van der Waals surface area contributed by atoms with Gasteiger partial charge in [0, 0.05) is 23.6 Å². The lowest BCUT2D eigenvalue weighted by molar-refractivity contribution is 0.0204. The minimum atomic E-state index is -3.41. The summed E-state index contributed by atoms with van der Waals surface area (Å²) in [6.07, 6.45) is 0.820. The predicted molar refractivity (Wildman–Crippen MR) is 101 cm³/mol. The van der Waals surface area contributed by atoms with Gasteiger partial charge in [-0.25, -0.2) is 17.9 Å². The first-order chi connectivity index (χ1) is 11.5. The molecule has 1 aromatic carbocycles. The van der Waals surface area contributed by atoms with Gasteiger partial charge in [-0.1, -0.05) is 28.1 Å². The van der Waals surface area contributed by atoms with Gasteiger partial charge in [-0.2, -0.15) is 0 Å². The standard InChI is InChI=1S/C17H25BrN2O4S/c1-17(2,3)24-16(21)20-10-8-15(9-11-20)19-25(22,23)12-13-4-6-14(18)7-5-13/h4-7,15,19H,8-12H2,1-3H3. The van der Waals surface area contributed by atoms with E-state index in [4.69, 9.17) is 4.74 Å². The van der Waals surface area contributed by atoms with E-state index in [0.29, 0.717) is 25.9 Å². The summed E-state index contributed by atoms with van der Waals surface area (Å²) in [6, 6.07) is 7.07. The number of carbonyl (C=O) groups is 1. The highest BCUT2D eigenvalue weighted by atomic mass is 79.9. The van der Waals surface area contributed by atoms with Crippen LogP contribution in [0, 0.1) is 0 Å². The number of carbonyl (C=O) groups excluding carboxylic acids is 1. The zero-order chi connectivity index (χ0) is 18.7. The van der Waals surface area contributed by atoms with E-state index < -0.39 is 15.6 Å². The van der Waals surface area contributed by atoms with Gasteiger partial charge in [0.25, 0.3) is 0 Å². The molecule has 25 heavy (non-hydrogen) atoms. The lowest BCUT2D eigenvalue weighted by atomic mass is 10.1.